The third-order valence-electron chi connectivity index (χ3n) is 9.38. The zero-order valence-electron chi connectivity index (χ0n) is 21.2. The molecule has 4 aliphatic carbocycles. The maximum Gasteiger partial charge on any atom is 0.309 e. The molecule has 0 radical (unpaired) electrons. The van der Waals surface area contributed by atoms with Crippen molar-refractivity contribution in [1.29, 1.82) is 0 Å². The molecule has 4 rings (SSSR count). The first-order chi connectivity index (χ1) is 14.9. The van der Waals surface area contributed by atoms with Crippen molar-refractivity contribution in [2.24, 2.45) is 41.4 Å². The van der Waals surface area contributed by atoms with Crippen LogP contribution in [0.5, 0.6) is 0 Å². The Morgan fingerprint density at radius 3 is 1.19 bits per heavy atom. The molecule has 31 heavy (non-hydrogen) atoms. The molecule has 2 heteroatoms. The molecule has 0 N–H and O–H groups in total. The van der Waals surface area contributed by atoms with Crippen LogP contribution in [-0.2, 0) is 9.53 Å². The molecule has 0 atom stereocenters. The lowest BCUT2D eigenvalue weighted by molar-refractivity contribution is -0.157. The molecule has 0 heterocycles. The van der Waals surface area contributed by atoms with Crippen LogP contribution in [0, 0.1) is 41.4 Å². The molecule has 0 spiro atoms. The number of carbonyl (C=O) groups is 1. The quantitative estimate of drug-likeness (QED) is 0.417. The van der Waals surface area contributed by atoms with Crippen molar-refractivity contribution in [1.82, 2.24) is 0 Å². The molecule has 180 valence electrons. The fourth-order valence-corrected chi connectivity index (χ4v) is 6.62. The van der Waals surface area contributed by atoms with E-state index in [1.54, 1.807) is 25.7 Å². The second-order valence-electron chi connectivity index (χ2n) is 12.3. The lowest BCUT2D eigenvalue weighted by Gasteiger charge is -2.36. The smallest absolute Gasteiger partial charge is 0.309 e. The highest BCUT2D eigenvalue weighted by Gasteiger charge is 2.30. The third kappa shape index (κ3) is 8.39. The van der Waals surface area contributed by atoms with Crippen molar-refractivity contribution in [3.05, 3.63) is 0 Å². The van der Waals surface area contributed by atoms with Gasteiger partial charge in [-0.1, -0.05) is 53.4 Å². The lowest BCUT2D eigenvalue weighted by atomic mass is 9.70. The molecular formula is C29H52O2. The summed E-state index contributed by atoms with van der Waals surface area (Å²) in [7, 11) is 0. The summed E-state index contributed by atoms with van der Waals surface area (Å²) in [5.74, 6) is 6.18. The normalized spacial score (nSPS) is 41.5. The first-order valence-electron chi connectivity index (χ1n) is 14.1. The highest BCUT2D eigenvalue weighted by atomic mass is 16.5. The zero-order chi connectivity index (χ0) is 22.2. The lowest BCUT2D eigenvalue weighted by Crippen LogP contribution is -2.29. The molecule has 0 aromatic rings. The van der Waals surface area contributed by atoms with E-state index in [4.69, 9.17) is 4.74 Å². The predicted molar refractivity (Wildman–Crippen MR) is 131 cm³/mol. The Morgan fingerprint density at radius 1 is 0.484 bits per heavy atom. The topological polar surface area (TPSA) is 26.3 Å². The highest BCUT2D eigenvalue weighted by molar-refractivity contribution is 5.72. The molecule has 0 amide bonds. The number of esters is 1. The molecule has 2 nitrogen and oxygen atoms in total. The summed E-state index contributed by atoms with van der Waals surface area (Å²) in [6.07, 6.45) is 21.5. The minimum absolute atomic E-state index is 0.0939. The van der Waals surface area contributed by atoms with E-state index in [2.05, 4.69) is 27.7 Å². The summed E-state index contributed by atoms with van der Waals surface area (Å²) in [4.78, 5) is 12.0. The maximum atomic E-state index is 12.0. The van der Waals surface area contributed by atoms with Crippen molar-refractivity contribution < 1.29 is 9.53 Å². The van der Waals surface area contributed by atoms with Gasteiger partial charge in [-0.25, -0.2) is 0 Å². The molecule has 0 aromatic heterocycles. The zero-order valence-corrected chi connectivity index (χ0v) is 21.2. The number of hydrogen-bond acceptors (Lipinski definition) is 2. The van der Waals surface area contributed by atoms with Crippen LogP contribution in [0.2, 0.25) is 0 Å². The van der Waals surface area contributed by atoms with Gasteiger partial charge in [0.05, 0.1) is 5.92 Å². The van der Waals surface area contributed by atoms with E-state index in [1.165, 1.54) is 51.4 Å². The Hall–Kier alpha value is -0.530. The van der Waals surface area contributed by atoms with Crippen LogP contribution < -0.4 is 0 Å². The van der Waals surface area contributed by atoms with E-state index in [0.717, 1.165) is 61.2 Å². The monoisotopic (exact) mass is 432 g/mol. The average Bonchev–Trinajstić information content (AvgIpc) is 2.77. The van der Waals surface area contributed by atoms with Crippen molar-refractivity contribution in [3.8, 4) is 0 Å². The summed E-state index contributed by atoms with van der Waals surface area (Å²) in [6.45, 7) is 9.43. The van der Waals surface area contributed by atoms with Crippen LogP contribution in [0.25, 0.3) is 0 Å². The summed E-state index contributed by atoms with van der Waals surface area (Å²) < 4.78 is 5.68. The minimum Gasteiger partial charge on any atom is -0.462 e. The summed E-state index contributed by atoms with van der Waals surface area (Å²) in [5, 5.41) is 0. The molecule has 4 fully saturated rings. The Morgan fingerprint density at radius 2 is 0.806 bits per heavy atom. The van der Waals surface area contributed by atoms with Crippen molar-refractivity contribution in [3.63, 3.8) is 0 Å². The molecule has 0 aromatic carbocycles. The van der Waals surface area contributed by atoms with E-state index in [1.807, 2.05) is 0 Å². The third-order valence-corrected chi connectivity index (χ3v) is 9.38. The predicted octanol–water partition coefficient (Wildman–Crippen LogP) is 8.57. The van der Waals surface area contributed by atoms with Crippen LogP contribution >= 0.6 is 0 Å². The van der Waals surface area contributed by atoms with Crippen LogP contribution in [-0.4, -0.2) is 12.1 Å². The van der Waals surface area contributed by atoms with Gasteiger partial charge in [-0.15, -0.1) is 0 Å². The van der Waals surface area contributed by atoms with Crippen LogP contribution in [0.15, 0.2) is 0 Å². The summed E-state index contributed by atoms with van der Waals surface area (Å²) in [5.41, 5.74) is 0. The van der Waals surface area contributed by atoms with E-state index >= 15 is 0 Å². The number of rotatable bonds is 3. The summed E-state index contributed by atoms with van der Waals surface area (Å²) >= 11 is 0. The van der Waals surface area contributed by atoms with Gasteiger partial charge in [-0.05, 0) is 113 Å². The van der Waals surface area contributed by atoms with Gasteiger partial charge in [-0.2, -0.15) is 0 Å². The molecule has 4 aliphatic rings. The molecule has 4 saturated carbocycles. The van der Waals surface area contributed by atoms with E-state index in [-0.39, 0.29) is 18.0 Å². The van der Waals surface area contributed by atoms with Crippen LogP contribution in [0.1, 0.15) is 130 Å². The number of hydrogen-bond donors (Lipinski definition) is 0. The largest absolute Gasteiger partial charge is 0.462 e. The van der Waals surface area contributed by atoms with Gasteiger partial charge in [0.15, 0.2) is 0 Å². The molecule has 0 unspecified atom stereocenters. The van der Waals surface area contributed by atoms with E-state index < -0.39 is 0 Å². The Kier molecular flexibility index (Phi) is 10.2. The van der Waals surface area contributed by atoms with E-state index in [0.29, 0.717) is 0 Å². The first-order valence-corrected chi connectivity index (χ1v) is 14.1. The Bertz CT molecular complexity index is 477. The van der Waals surface area contributed by atoms with Crippen LogP contribution in [0.4, 0.5) is 0 Å². The fourth-order valence-electron chi connectivity index (χ4n) is 6.62. The minimum atomic E-state index is 0.0939. The van der Waals surface area contributed by atoms with Crippen molar-refractivity contribution in [2.75, 3.05) is 0 Å². The SMILES string of the molecule is CC1CCC(C2CCC(C)CC2)CC1.CC1CCC(OC(=O)C2CCC(C)CC2)CC1. The summed E-state index contributed by atoms with van der Waals surface area (Å²) in [6, 6.07) is 0. The second-order valence-corrected chi connectivity index (χ2v) is 12.3. The number of ether oxygens (including phenoxy) is 1. The van der Waals surface area contributed by atoms with Crippen molar-refractivity contribution >= 4 is 5.97 Å². The van der Waals surface area contributed by atoms with Crippen molar-refractivity contribution in [2.45, 2.75) is 137 Å². The Balaban J connectivity index is 0.000000179. The second kappa shape index (κ2) is 12.6. The Labute approximate surface area is 193 Å². The average molecular weight is 433 g/mol. The molecule has 0 aliphatic heterocycles. The van der Waals surface area contributed by atoms with Gasteiger partial charge in [0.25, 0.3) is 0 Å². The molecule has 0 bridgehead atoms. The van der Waals surface area contributed by atoms with Gasteiger partial charge in [0.1, 0.15) is 6.10 Å². The number of carbonyl (C=O) groups excluding carboxylic acids is 1. The van der Waals surface area contributed by atoms with Gasteiger partial charge in [0, 0.05) is 0 Å². The standard InChI is InChI=1S/C15H26O2.C14H26/c1-11-3-7-13(8-4-11)15(16)17-14-9-5-12(2)6-10-14;1-11-3-7-13(8-4-11)14-9-5-12(2)6-10-14/h11-14H,3-10H2,1-2H3;11-14H,3-10H2,1-2H3. The van der Waals surface area contributed by atoms with Gasteiger partial charge < -0.3 is 4.74 Å². The van der Waals surface area contributed by atoms with Crippen LogP contribution in [0.3, 0.4) is 0 Å². The van der Waals surface area contributed by atoms with Gasteiger partial charge >= 0.3 is 5.97 Å². The van der Waals surface area contributed by atoms with Gasteiger partial charge in [-0.3, -0.25) is 4.79 Å². The first kappa shape index (κ1) is 25.1. The molecule has 0 saturated heterocycles. The molecular weight excluding hydrogens is 380 g/mol. The highest BCUT2D eigenvalue weighted by Crippen LogP contribution is 2.41. The van der Waals surface area contributed by atoms with Gasteiger partial charge in [0.2, 0.25) is 0 Å². The fraction of sp³-hybridized carbons (Fsp3) is 0.966. The van der Waals surface area contributed by atoms with E-state index in [9.17, 15) is 4.79 Å². The maximum absolute atomic E-state index is 12.0.